The van der Waals surface area contributed by atoms with Crippen LogP contribution in [0.25, 0.3) is 0 Å². The molecule has 1 heterocycles. The van der Waals surface area contributed by atoms with Gasteiger partial charge < -0.3 is 5.73 Å². The lowest BCUT2D eigenvalue weighted by Gasteiger charge is -2.24. The summed E-state index contributed by atoms with van der Waals surface area (Å²) in [4.78, 5) is 0.808. The van der Waals surface area contributed by atoms with E-state index in [9.17, 15) is 12.8 Å². The van der Waals surface area contributed by atoms with Crippen LogP contribution >= 0.6 is 27.3 Å². The molecule has 1 aromatic carbocycles. The average molecular weight is 393 g/mol. The number of benzene rings is 1. The molecule has 0 aliphatic carbocycles. The van der Waals surface area contributed by atoms with Crippen molar-refractivity contribution in [1.29, 1.82) is 0 Å². The summed E-state index contributed by atoms with van der Waals surface area (Å²) in [6, 6.07) is 5.59. The smallest absolute Gasteiger partial charge is 0.245 e. The van der Waals surface area contributed by atoms with E-state index in [4.69, 9.17) is 5.73 Å². The highest BCUT2D eigenvalue weighted by Crippen LogP contribution is 2.32. The van der Waals surface area contributed by atoms with Crippen molar-refractivity contribution in [2.24, 2.45) is 0 Å². The van der Waals surface area contributed by atoms with E-state index < -0.39 is 15.8 Å². The number of anilines is 1. The number of nitrogen functional groups attached to an aromatic ring is 1. The first-order valence-electron chi connectivity index (χ1n) is 6.01. The molecular formula is C13H14BrFN2O2S2. The zero-order valence-corrected chi connectivity index (χ0v) is 14.6. The molecule has 0 amide bonds. The second-order valence-electron chi connectivity index (χ2n) is 4.52. The molecule has 0 aliphatic rings. The molecule has 2 N–H and O–H groups in total. The highest BCUT2D eigenvalue weighted by molar-refractivity contribution is 9.10. The molecule has 2 aromatic rings. The molecule has 114 valence electrons. The molecule has 8 heteroatoms. The second kappa shape index (κ2) is 6.04. The van der Waals surface area contributed by atoms with Gasteiger partial charge in [-0.1, -0.05) is 6.07 Å². The number of sulfonamides is 1. The van der Waals surface area contributed by atoms with E-state index in [2.05, 4.69) is 15.9 Å². The number of hydrogen-bond acceptors (Lipinski definition) is 4. The molecule has 0 saturated heterocycles. The molecule has 4 nitrogen and oxygen atoms in total. The third-order valence-electron chi connectivity index (χ3n) is 3.21. The van der Waals surface area contributed by atoms with E-state index in [0.29, 0.717) is 0 Å². The summed E-state index contributed by atoms with van der Waals surface area (Å²) < 4.78 is 40.0. The van der Waals surface area contributed by atoms with Crippen molar-refractivity contribution >= 4 is 43.0 Å². The van der Waals surface area contributed by atoms with Crippen LogP contribution in [0.15, 0.2) is 39.0 Å². The molecule has 1 aromatic heterocycles. The molecule has 1 unspecified atom stereocenters. The van der Waals surface area contributed by atoms with Crippen LogP contribution in [-0.2, 0) is 10.0 Å². The molecule has 0 saturated carbocycles. The maximum atomic E-state index is 13.4. The highest BCUT2D eigenvalue weighted by Gasteiger charge is 2.29. The van der Waals surface area contributed by atoms with E-state index >= 15 is 0 Å². The van der Waals surface area contributed by atoms with Crippen molar-refractivity contribution in [3.8, 4) is 0 Å². The number of halogens is 2. The summed E-state index contributed by atoms with van der Waals surface area (Å²) >= 11 is 4.46. The van der Waals surface area contributed by atoms with Crippen molar-refractivity contribution in [2.45, 2.75) is 17.9 Å². The number of rotatable bonds is 4. The molecule has 0 aliphatic heterocycles. The summed E-state index contributed by atoms with van der Waals surface area (Å²) in [5.41, 5.74) is 5.56. The highest BCUT2D eigenvalue weighted by atomic mass is 79.9. The SMILES string of the molecule is CC(c1cccs1)N(C)S(=O)(=O)c1cc(Br)c(F)cc1N. The Bertz CT molecular complexity index is 748. The van der Waals surface area contributed by atoms with Crippen LogP contribution in [0, 0.1) is 5.82 Å². The minimum atomic E-state index is -3.82. The molecule has 1 atom stereocenters. The molecule has 0 radical (unpaired) electrons. The summed E-state index contributed by atoms with van der Waals surface area (Å²) in [6.45, 7) is 1.79. The molecule has 21 heavy (non-hydrogen) atoms. The van der Waals surface area contributed by atoms with Gasteiger partial charge in [0.2, 0.25) is 10.0 Å². The van der Waals surface area contributed by atoms with Crippen molar-refractivity contribution in [3.05, 3.63) is 44.8 Å². The minimum Gasteiger partial charge on any atom is -0.398 e. The Morgan fingerprint density at radius 3 is 2.67 bits per heavy atom. The monoisotopic (exact) mass is 392 g/mol. The Morgan fingerprint density at radius 2 is 2.10 bits per heavy atom. The van der Waals surface area contributed by atoms with Crippen molar-refractivity contribution < 1.29 is 12.8 Å². The van der Waals surface area contributed by atoms with Crippen LogP contribution in [0.1, 0.15) is 17.8 Å². The van der Waals surface area contributed by atoms with Gasteiger partial charge in [-0.3, -0.25) is 0 Å². The van der Waals surface area contributed by atoms with Crippen LogP contribution in [0.5, 0.6) is 0 Å². The van der Waals surface area contributed by atoms with Crippen molar-refractivity contribution in [3.63, 3.8) is 0 Å². The van der Waals surface area contributed by atoms with Crippen LogP contribution < -0.4 is 5.73 Å². The molecule has 0 bridgehead atoms. The Balaban J connectivity index is 2.45. The van der Waals surface area contributed by atoms with E-state index in [1.165, 1.54) is 28.8 Å². The summed E-state index contributed by atoms with van der Waals surface area (Å²) in [6.07, 6.45) is 0. The van der Waals surface area contributed by atoms with E-state index in [0.717, 1.165) is 10.9 Å². The van der Waals surface area contributed by atoms with E-state index in [-0.39, 0.29) is 21.1 Å². The third-order valence-corrected chi connectivity index (χ3v) is 6.84. The largest absolute Gasteiger partial charge is 0.398 e. The summed E-state index contributed by atoms with van der Waals surface area (Å²) in [5, 5.41) is 1.88. The first-order valence-corrected chi connectivity index (χ1v) is 9.12. The van der Waals surface area contributed by atoms with Crippen molar-refractivity contribution in [1.82, 2.24) is 4.31 Å². The zero-order chi connectivity index (χ0) is 15.8. The number of nitrogens with two attached hydrogens (primary N) is 1. The van der Waals surface area contributed by atoms with Gasteiger partial charge in [0.1, 0.15) is 10.7 Å². The van der Waals surface area contributed by atoms with Crippen LogP contribution in [-0.4, -0.2) is 19.8 Å². The second-order valence-corrected chi connectivity index (χ2v) is 8.32. The van der Waals surface area contributed by atoms with Crippen LogP contribution in [0.2, 0.25) is 0 Å². The Kier molecular flexibility index (Phi) is 4.72. The third kappa shape index (κ3) is 3.13. The van der Waals surface area contributed by atoms with Gasteiger partial charge in [0.15, 0.2) is 0 Å². The van der Waals surface area contributed by atoms with Crippen LogP contribution in [0.3, 0.4) is 0 Å². The fourth-order valence-corrected chi connectivity index (χ4v) is 4.69. The fourth-order valence-electron chi connectivity index (χ4n) is 1.84. The average Bonchev–Trinajstić information content (AvgIpc) is 2.95. The summed E-state index contributed by atoms with van der Waals surface area (Å²) in [5.74, 6) is -0.597. The fraction of sp³-hybridized carbons (Fsp3) is 0.231. The van der Waals surface area contributed by atoms with E-state index in [1.807, 2.05) is 17.5 Å². The van der Waals surface area contributed by atoms with Crippen molar-refractivity contribution in [2.75, 3.05) is 12.8 Å². The standard InChI is InChI=1S/C13H14BrFN2O2S2/c1-8(12-4-3-5-20-12)17(2)21(18,19)13-6-9(14)10(15)7-11(13)16/h3-8H,16H2,1-2H3. The number of nitrogens with zero attached hydrogens (tertiary/aromatic N) is 1. The van der Waals surface area contributed by atoms with Gasteiger partial charge in [-0.25, -0.2) is 12.8 Å². The first-order chi connectivity index (χ1) is 9.75. The van der Waals surface area contributed by atoms with Gasteiger partial charge in [0.25, 0.3) is 0 Å². The lowest BCUT2D eigenvalue weighted by Crippen LogP contribution is -2.30. The lowest BCUT2D eigenvalue weighted by molar-refractivity contribution is 0.403. The van der Waals surface area contributed by atoms with Crippen LogP contribution in [0.4, 0.5) is 10.1 Å². The van der Waals surface area contributed by atoms with Gasteiger partial charge in [-0.15, -0.1) is 11.3 Å². The zero-order valence-electron chi connectivity index (χ0n) is 11.4. The lowest BCUT2D eigenvalue weighted by atomic mass is 10.3. The van der Waals surface area contributed by atoms with Gasteiger partial charge in [0, 0.05) is 11.9 Å². The predicted molar refractivity (Wildman–Crippen MR) is 86.2 cm³/mol. The Labute approximate surface area is 135 Å². The quantitative estimate of drug-likeness (QED) is 0.808. The minimum absolute atomic E-state index is 0.0625. The molecule has 0 fully saturated rings. The maximum absolute atomic E-state index is 13.4. The van der Waals surface area contributed by atoms with Gasteiger partial charge >= 0.3 is 0 Å². The van der Waals surface area contributed by atoms with Gasteiger partial charge in [-0.2, -0.15) is 4.31 Å². The number of thiophene rings is 1. The molecule has 0 spiro atoms. The Morgan fingerprint density at radius 1 is 1.43 bits per heavy atom. The molecule has 2 rings (SSSR count). The number of hydrogen-bond donors (Lipinski definition) is 1. The predicted octanol–water partition coefficient (Wildman–Crippen LogP) is 3.61. The molecular weight excluding hydrogens is 379 g/mol. The normalized spacial score (nSPS) is 13.6. The summed E-state index contributed by atoms with van der Waals surface area (Å²) in [7, 11) is -2.33. The Hall–Kier alpha value is -0.960. The van der Waals surface area contributed by atoms with Gasteiger partial charge in [0.05, 0.1) is 16.2 Å². The topological polar surface area (TPSA) is 63.4 Å². The van der Waals surface area contributed by atoms with E-state index in [1.54, 1.807) is 6.92 Å². The first kappa shape index (κ1) is 16.4. The maximum Gasteiger partial charge on any atom is 0.245 e. The van der Waals surface area contributed by atoms with Gasteiger partial charge in [-0.05, 0) is 46.4 Å².